The highest BCUT2D eigenvalue weighted by Crippen LogP contribution is 2.27. The Balaban J connectivity index is 1.82. The van der Waals surface area contributed by atoms with Gasteiger partial charge in [0.05, 0.1) is 6.61 Å². The molecule has 0 radical (unpaired) electrons. The van der Waals surface area contributed by atoms with Crippen LogP contribution in [0, 0.1) is 0 Å². The van der Waals surface area contributed by atoms with E-state index in [1.807, 2.05) is 0 Å². The average Bonchev–Trinajstić information content (AvgIpc) is 2.85. The van der Waals surface area contributed by atoms with E-state index >= 15 is 0 Å². The summed E-state index contributed by atoms with van der Waals surface area (Å²) in [6, 6.07) is 0.538. The molecule has 1 atom stereocenters. The summed E-state index contributed by atoms with van der Waals surface area (Å²) >= 11 is 1.74. The van der Waals surface area contributed by atoms with Crippen LogP contribution in [0.2, 0.25) is 0 Å². The molecule has 1 aromatic rings. The van der Waals surface area contributed by atoms with E-state index in [4.69, 9.17) is 4.74 Å². The Labute approximate surface area is 100 Å². The normalized spacial score (nSPS) is 20.8. The Morgan fingerprint density at radius 2 is 2.38 bits per heavy atom. The second-order valence-electron chi connectivity index (χ2n) is 4.45. The third kappa shape index (κ3) is 3.23. The van der Waals surface area contributed by atoms with E-state index in [0.29, 0.717) is 12.0 Å². The lowest BCUT2D eigenvalue weighted by molar-refractivity contribution is 0.194. The Morgan fingerprint density at radius 3 is 3.06 bits per heavy atom. The lowest BCUT2D eigenvalue weighted by Crippen LogP contribution is -2.24. The molecular weight excluding hydrogens is 222 g/mol. The van der Waals surface area contributed by atoms with E-state index in [2.05, 4.69) is 29.4 Å². The summed E-state index contributed by atoms with van der Waals surface area (Å²) in [5, 5.41) is 14.2. The van der Waals surface area contributed by atoms with E-state index in [1.165, 1.54) is 0 Å². The maximum Gasteiger partial charge on any atom is 0.122 e. The molecule has 1 fully saturated rings. The quantitative estimate of drug-likeness (QED) is 0.850. The Kier molecular flexibility index (Phi) is 4.26. The van der Waals surface area contributed by atoms with E-state index in [1.54, 1.807) is 11.3 Å². The fourth-order valence-corrected chi connectivity index (χ4v) is 2.69. The molecule has 1 N–H and O–H groups in total. The first-order valence-electron chi connectivity index (χ1n) is 5.89. The van der Waals surface area contributed by atoms with Crippen molar-refractivity contribution in [1.29, 1.82) is 0 Å². The number of hydrogen-bond donors (Lipinski definition) is 1. The zero-order chi connectivity index (χ0) is 11.4. The lowest BCUT2D eigenvalue weighted by Gasteiger charge is -2.05. The van der Waals surface area contributed by atoms with Crippen LogP contribution < -0.4 is 5.32 Å². The summed E-state index contributed by atoms with van der Waals surface area (Å²) < 4.78 is 5.36. The summed E-state index contributed by atoms with van der Waals surface area (Å²) in [4.78, 5) is 0. The monoisotopic (exact) mass is 241 g/mol. The first kappa shape index (κ1) is 12.0. The van der Waals surface area contributed by atoms with E-state index in [0.717, 1.165) is 42.6 Å². The predicted molar refractivity (Wildman–Crippen MR) is 64.9 cm³/mol. The van der Waals surface area contributed by atoms with Crippen molar-refractivity contribution < 1.29 is 4.74 Å². The molecule has 5 heteroatoms. The van der Waals surface area contributed by atoms with Crippen LogP contribution in [-0.4, -0.2) is 36.0 Å². The summed E-state index contributed by atoms with van der Waals surface area (Å²) in [6.45, 7) is 6.98. The van der Waals surface area contributed by atoms with Gasteiger partial charge in [0.1, 0.15) is 10.0 Å². The number of nitrogens with one attached hydrogen (secondary N) is 1. The van der Waals surface area contributed by atoms with Gasteiger partial charge in [0.25, 0.3) is 0 Å². The summed E-state index contributed by atoms with van der Waals surface area (Å²) in [5.74, 6) is 0.490. The summed E-state index contributed by atoms with van der Waals surface area (Å²) in [5.41, 5.74) is 0. The van der Waals surface area contributed by atoms with E-state index < -0.39 is 0 Å². The number of aromatic nitrogens is 2. The third-order valence-corrected chi connectivity index (χ3v) is 3.80. The Hall–Kier alpha value is -0.520. The molecule has 0 aromatic carbocycles. The fourth-order valence-electron chi connectivity index (χ4n) is 1.73. The molecule has 4 nitrogen and oxygen atoms in total. The van der Waals surface area contributed by atoms with Gasteiger partial charge in [0, 0.05) is 31.5 Å². The fraction of sp³-hybridized carbons (Fsp3) is 0.818. The maximum absolute atomic E-state index is 5.36. The minimum absolute atomic E-state index is 0.490. The number of rotatable bonds is 5. The van der Waals surface area contributed by atoms with Gasteiger partial charge in [-0.15, -0.1) is 21.5 Å². The minimum Gasteiger partial charge on any atom is -0.381 e. The van der Waals surface area contributed by atoms with Crippen molar-refractivity contribution in [2.45, 2.75) is 38.6 Å². The van der Waals surface area contributed by atoms with Gasteiger partial charge in [0.15, 0.2) is 0 Å². The van der Waals surface area contributed by atoms with Gasteiger partial charge in [-0.2, -0.15) is 0 Å². The van der Waals surface area contributed by atoms with E-state index in [-0.39, 0.29) is 0 Å². The smallest absolute Gasteiger partial charge is 0.122 e. The van der Waals surface area contributed by atoms with Crippen LogP contribution in [0.3, 0.4) is 0 Å². The molecule has 0 spiro atoms. The predicted octanol–water partition coefficient (Wildman–Crippen LogP) is 1.58. The van der Waals surface area contributed by atoms with Gasteiger partial charge in [-0.1, -0.05) is 13.8 Å². The number of ether oxygens (including phenoxy) is 1. The average molecular weight is 241 g/mol. The number of hydrogen-bond acceptors (Lipinski definition) is 5. The van der Waals surface area contributed by atoms with Gasteiger partial charge in [-0.25, -0.2) is 0 Å². The van der Waals surface area contributed by atoms with Crippen LogP contribution >= 0.6 is 11.3 Å². The van der Waals surface area contributed by atoms with Gasteiger partial charge < -0.3 is 10.1 Å². The zero-order valence-corrected chi connectivity index (χ0v) is 10.7. The molecule has 0 saturated carbocycles. The molecule has 0 amide bonds. The van der Waals surface area contributed by atoms with Crippen molar-refractivity contribution >= 4 is 11.3 Å². The molecule has 1 saturated heterocycles. The van der Waals surface area contributed by atoms with Crippen molar-refractivity contribution in [3.05, 3.63) is 10.0 Å². The molecule has 0 aliphatic carbocycles. The van der Waals surface area contributed by atoms with Crippen LogP contribution in [0.5, 0.6) is 0 Å². The van der Waals surface area contributed by atoms with Crippen molar-refractivity contribution in [3.63, 3.8) is 0 Å². The Bertz CT molecular complexity index is 321. The van der Waals surface area contributed by atoms with Crippen molar-refractivity contribution in [3.8, 4) is 0 Å². The molecule has 2 heterocycles. The summed E-state index contributed by atoms with van der Waals surface area (Å²) in [7, 11) is 0. The topological polar surface area (TPSA) is 47.0 Å². The van der Waals surface area contributed by atoms with Crippen molar-refractivity contribution in [2.75, 3.05) is 19.8 Å². The first-order chi connectivity index (χ1) is 7.75. The maximum atomic E-state index is 5.36. The molecule has 1 unspecified atom stereocenters. The molecule has 1 aromatic heterocycles. The van der Waals surface area contributed by atoms with Crippen LogP contribution in [0.1, 0.15) is 36.2 Å². The Morgan fingerprint density at radius 1 is 1.50 bits per heavy atom. The van der Waals surface area contributed by atoms with Gasteiger partial charge in [0.2, 0.25) is 0 Å². The van der Waals surface area contributed by atoms with Crippen LogP contribution in [0.15, 0.2) is 0 Å². The largest absolute Gasteiger partial charge is 0.381 e. The molecule has 0 bridgehead atoms. The molecule has 90 valence electrons. The van der Waals surface area contributed by atoms with Crippen LogP contribution in [0.25, 0.3) is 0 Å². The highest BCUT2D eigenvalue weighted by molar-refractivity contribution is 7.11. The van der Waals surface area contributed by atoms with Crippen molar-refractivity contribution in [1.82, 2.24) is 15.5 Å². The standard InChI is InChI=1S/C11H19N3OS/c1-8(2)12-5-3-10-13-14-11(16-10)9-4-6-15-7-9/h8-9,12H,3-7H2,1-2H3. The van der Waals surface area contributed by atoms with Gasteiger partial charge in [-0.05, 0) is 6.42 Å². The number of nitrogens with zero attached hydrogens (tertiary/aromatic N) is 2. The van der Waals surface area contributed by atoms with Crippen LogP contribution in [0.4, 0.5) is 0 Å². The SMILES string of the molecule is CC(C)NCCc1nnc(C2CCOC2)s1. The minimum atomic E-state index is 0.490. The second kappa shape index (κ2) is 5.70. The summed E-state index contributed by atoms with van der Waals surface area (Å²) in [6.07, 6.45) is 2.07. The highest BCUT2D eigenvalue weighted by atomic mass is 32.1. The van der Waals surface area contributed by atoms with Gasteiger partial charge >= 0.3 is 0 Å². The molecular formula is C11H19N3OS. The molecule has 16 heavy (non-hydrogen) atoms. The van der Waals surface area contributed by atoms with Gasteiger partial charge in [-0.3, -0.25) is 0 Å². The lowest BCUT2D eigenvalue weighted by atomic mass is 10.1. The van der Waals surface area contributed by atoms with E-state index in [9.17, 15) is 0 Å². The second-order valence-corrected chi connectivity index (χ2v) is 5.55. The third-order valence-electron chi connectivity index (χ3n) is 2.65. The molecule has 1 aliphatic rings. The highest BCUT2D eigenvalue weighted by Gasteiger charge is 2.21. The molecule has 2 rings (SSSR count). The van der Waals surface area contributed by atoms with Crippen LogP contribution in [-0.2, 0) is 11.2 Å². The zero-order valence-electron chi connectivity index (χ0n) is 9.90. The van der Waals surface area contributed by atoms with Crippen molar-refractivity contribution in [2.24, 2.45) is 0 Å². The molecule has 1 aliphatic heterocycles. The first-order valence-corrected chi connectivity index (χ1v) is 6.70.